The van der Waals surface area contributed by atoms with Crippen molar-refractivity contribution in [3.05, 3.63) is 0 Å². The van der Waals surface area contributed by atoms with E-state index in [2.05, 4.69) is 0 Å². The van der Waals surface area contributed by atoms with E-state index >= 15 is 0 Å². The van der Waals surface area contributed by atoms with Crippen LogP contribution < -0.4 is 0 Å². The van der Waals surface area contributed by atoms with Gasteiger partial charge < -0.3 is 5.71 Å². The van der Waals surface area contributed by atoms with Crippen LogP contribution in [0.2, 0.25) is 0 Å². The summed E-state index contributed by atoms with van der Waals surface area (Å²) in [5.74, 6) is 0. The van der Waals surface area contributed by atoms with Crippen LogP contribution in [0.15, 0.2) is 0 Å². The SMILES string of the molecule is [Ba+2].[Ca+2].[H-].[H-].[H-].[H-].[SnH2].[Ti]. The summed E-state index contributed by atoms with van der Waals surface area (Å²) >= 11 is 0. The van der Waals surface area contributed by atoms with E-state index in [9.17, 15) is 0 Å². The fourth-order valence-electron chi connectivity index (χ4n) is 0. The van der Waals surface area contributed by atoms with Crippen LogP contribution in [-0.2, 0) is 21.7 Å². The number of hydrogen-bond acceptors (Lipinski definition) is 0. The molecule has 4 heteroatoms. The molecule has 0 bridgehead atoms. The van der Waals surface area contributed by atoms with Gasteiger partial charge >= 0.3 is 111 Å². The molecule has 0 rings (SSSR count). The van der Waals surface area contributed by atoms with Gasteiger partial charge in [-0.2, -0.15) is 0 Å². The summed E-state index contributed by atoms with van der Waals surface area (Å²) in [6, 6.07) is 0. The molecule has 0 aromatic rings. The van der Waals surface area contributed by atoms with Gasteiger partial charge in [-0.3, -0.25) is 0 Å². The smallest absolute Gasteiger partial charge is 0 e. The topological polar surface area (TPSA) is 0 Å². The Labute approximate surface area is 134 Å². The molecule has 0 atom stereocenters. The quantitative estimate of drug-likeness (QED) is 0.480. The third kappa shape index (κ3) is 9.60. The van der Waals surface area contributed by atoms with Crippen molar-refractivity contribution in [3.63, 3.8) is 0 Å². The standard InChI is InChI=1S/Ba.Ca.Sn.Ti.6H/q2*+2;;;;;4*-1. The van der Waals surface area contributed by atoms with E-state index in [4.69, 9.17) is 0 Å². The van der Waals surface area contributed by atoms with Crippen LogP contribution in [0, 0.1) is 0 Å². The average molecular weight is 350 g/mol. The van der Waals surface area contributed by atoms with E-state index < -0.39 is 0 Å². The van der Waals surface area contributed by atoms with Crippen molar-refractivity contribution in [2.45, 2.75) is 0 Å². The van der Waals surface area contributed by atoms with Gasteiger partial charge in [-0.1, -0.05) is 0 Å². The van der Waals surface area contributed by atoms with Gasteiger partial charge in [0.25, 0.3) is 0 Å². The maximum absolute atomic E-state index is 0. The van der Waals surface area contributed by atoms with Crippen LogP contribution in [0.5, 0.6) is 0 Å². The Morgan fingerprint density at radius 3 is 1.25 bits per heavy atom. The van der Waals surface area contributed by atoms with Crippen molar-refractivity contribution in [2.24, 2.45) is 0 Å². The Morgan fingerprint density at radius 1 is 1.25 bits per heavy atom. The van der Waals surface area contributed by atoms with Crippen molar-refractivity contribution < 1.29 is 27.4 Å². The third-order valence-electron chi connectivity index (χ3n) is 0. The summed E-state index contributed by atoms with van der Waals surface area (Å²) < 4.78 is 0. The van der Waals surface area contributed by atoms with Crippen LogP contribution in [0.1, 0.15) is 5.71 Å². The minimum Gasteiger partial charge on any atom is 0 e. The summed E-state index contributed by atoms with van der Waals surface area (Å²) in [5, 5.41) is 0. The van der Waals surface area contributed by atoms with Crippen molar-refractivity contribution in [1.29, 1.82) is 0 Å². The van der Waals surface area contributed by atoms with Gasteiger partial charge in [-0.05, 0) is 0 Å². The Kier molecular flexibility index (Phi) is 93.4. The predicted octanol–water partition coefficient (Wildman–Crippen LogP) is -1.23. The minimum absolute atomic E-state index is 0. The van der Waals surface area contributed by atoms with E-state index in [1.54, 1.807) is 0 Å². The molecular weight excluding hydrogens is 344 g/mol. The van der Waals surface area contributed by atoms with Crippen molar-refractivity contribution in [3.8, 4) is 0 Å². The molecule has 0 saturated carbocycles. The molecule has 0 amide bonds. The van der Waals surface area contributed by atoms with Crippen molar-refractivity contribution >= 4 is 111 Å². The van der Waals surface area contributed by atoms with Gasteiger partial charge in [0.05, 0.1) is 0 Å². The van der Waals surface area contributed by atoms with Gasteiger partial charge in [-0.25, -0.2) is 0 Å². The largest absolute Gasteiger partial charge is 0 e. The Hall–Kier alpha value is 4.34. The molecule has 0 spiro atoms. The molecule has 0 aliphatic heterocycles. The third-order valence-corrected chi connectivity index (χ3v) is 0. The maximum atomic E-state index is 0. The van der Waals surface area contributed by atoms with Crippen LogP contribution in [-0.4, -0.2) is 111 Å². The minimum atomic E-state index is 0. The maximum Gasteiger partial charge on any atom is 0 e. The summed E-state index contributed by atoms with van der Waals surface area (Å²) in [6.07, 6.45) is 0. The molecule has 0 fully saturated rings. The molecule has 4 heavy (non-hydrogen) atoms. The van der Waals surface area contributed by atoms with Gasteiger partial charge in [0.15, 0.2) is 0 Å². The summed E-state index contributed by atoms with van der Waals surface area (Å²) in [5.41, 5.74) is 0. The summed E-state index contributed by atoms with van der Waals surface area (Å²) in [6.45, 7) is 0. The molecule has 0 aliphatic rings. The van der Waals surface area contributed by atoms with Gasteiger partial charge in [0.1, 0.15) is 0 Å². The van der Waals surface area contributed by atoms with Crippen molar-refractivity contribution in [2.75, 3.05) is 0 Å². The normalized spacial score (nSPS) is 0. The average Bonchev–Trinajstić information content (AvgIpc) is 0. The van der Waals surface area contributed by atoms with Gasteiger partial charge in [-0.15, -0.1) is 0 Å². The summed E-state index contributed by atoms with van der Waals surface area (Å²) in [4.78, 5) is 0. The van der Waals surface area contributed by atoms with E-state index in [1.165, 1.54) is 0 Å². The second-order valence-corrected chi connectivity index (χ2v) is 0. The monoisotopic (exact) mass is 352 g/mol. The van der Waals surface area contributed by atoms with E-state index in [0.717, 1.165) is 0 Å². The van der Waals surface area contributed by atoms with Gasteiger partial charge in [0, 0.05) is 21.7 Å². The van der Waals surface area contributed by atoms with E-state index in [0.29, 0.717) is 0 Å². The Morgan fingerprint density at radius 2 is 1.25 bits per heavy atom. The van der Waals surface area contributed by atoms with Crippen LogP contribution >= 0.6 is 0 Å². The molecule has 2 radical (unpaired) electrons. The van der Waals surface area contributed by atoms with Gasteiger partial charge in [0.2, 0.25) is 0 Å². The molecule has 0 saturated heterocycles. The van der Waals surface area contributed by atoms with Crippen LogP contribution in [0.4, 0.5) is 0 Å². The van der Waals surface area contributed by atoms with E-state index in [-0.39, 0.29) is 138 Å². The predicted molar refractivity (Wildman–Crippen MR) is 24.5 cm³/mol. The first-order chi connectivity index (χ1) is 0. The molecule has 0 aromatic carbocycles. The zero-order valence-electron chi connectivity index (χ0n) is 6.62. The zero-order valence-corrected chi connectivity index (χ0v) is 14.9. The summed E-state index contributed by atoms with van der Waals surface area (Å²) in [7, 11) is 0. The molecule has 0 aliphatic carbocycles. The first-order valence-electron chi connectivity index (χ1n) is 0. The second kappa shape index (κ2) is 15.7. The molecule has 0 nitrogen and oxygen atoms in total. The first kappa shape index (κ1) is 23.8. The van der Waals surface area contributed by atoms with Crippen molar-refractivity contribution in [1.82, 2.24) is 0 Å². The number of hydrogen-bond donors (Lipinski definition) is 0. The van der Waals surface area contributed by atoms with E-state index in [1.807, 2.05) is 0 Å². The second-order valence-electron chi connectivity index (χ2n) is 0. The number of rotatable bonds is 0. The van der Waals surface area contributed by atoms with Crippen LogP contribution in [0.25, 0.3) is 0 Å². The molecule has 0 heterocycles. The fourth-order valence-corrected chi connectivity index (χ4v) is 0. The fraction of sp³-hybridized carbons (Fsp3) is 0. The first-order valence-corrected chi connectivity index (χ1v) is 0. The zero-order chi connectivity index (χ0) is 0. The molecule has 0 N–H and O–H groups in total. The molecule has 18 valence electrons. The molecule has 0 unspecified atom stereocenters. The Balaban J connectivity index is 0. The van der Waals surface area contributed by atoms with Crippen LogP contribution in [0.3, 0.4) is 0 Å². The molecular formula is H6BaCaSnTi. The molecule has 0 aromatic heterocycles. The Bertz CT molecular complexity index is 16.0.